The van der Waals surface area contributed by atoms with Crippen molar-refractivity contribution in [2.24, 2.45) is 0 Å². The second-order valence-electron chi connectivity index (χ2n) is 4.68. The van der Waals surface area contributed by atoms with Crippen LogP contribution in [0.2, 0.25) is 0 Å². The van der Waals surface area contributed by atoms with Crippen LogP contribution in [-0.2, 0) is 0 Å². The van der Waals surface area contributed by atoms with Crippen molar-refractivity contribution < 1.29 is 15.0 Å². The van der Waals surface area contributed by atoms with Crippen molar-refractivity contribution >= 4 is 74.3 Å². The first kappa shape index (κ1) is 18.7. The molecule has 0 amide bonds. The predicted octanol–water partition coefficient (Wildman–Crippen LogP) is 2.24. The van der Waals surface area contributed by atoms with Crippen LogP contribution in [0, 0.1) is 0 Å². The normalized spacial score (nSPS) is 14.5. The van der Waals surface area contributed by atoms with Crippen LogP contribution in [0.15, 0.2) is 24.3 Å². The standard InChI is InChI=1S/C17H10Cl4O3/c18-5-11-9(1-3-15(22)13(11)7-20)17(24)10-2-4-16(23)14(8-21)12(10)6-19/h1-8,22-23H. The molecule has 0 aliphatic rings. The van der Waals surface area contributed by atoms with E-state index in [4.69, 9.17) is 46.4 Å². The second kappa shape index (κ2) is 7.95. The molecular formula is C17H10Cl4O3. The van der Waals surface area contributed by atoms with Crippen molar-refractivity contribution in [1.82, 2.24) is 0 Å². The van der Waals surface area contributed by atoms with E-state index in [2.05, 4.69) is 0 Å². The molecule has 0 saturated carbocycles. The lowest BCUT2D eigenvalue weighted by molar-refractivity contribution is 0.103. The van der Waals surface area contributed by atoms with E-state index in [9.17, 15) is 15.0 Å². The Balaban J connectivity index is 2.88. The van der Waals surface area contributed by atoms with Crippen LogP contribution >= 0.6 is 46.4 Å². The van der Waals surface area contributed by atoms with E-state index in [1.165, 1.54) is 24.3 Å². The molecule has 0 unspecified atom stereocenters. The quantitative estimate of drug-likeness (QED) is 0.756. The first-order chi connectivity index (χ1) is 11.5. The van der Waals surface area contributed by atoms with Gasteiger partial charge in [-0.1, -0.05) is 46.4 Å². The molecule has 3 nitrogen and oxygen atoms in total. The molecule has 0 saturated heterocycles. The summed E-state index contributed by atoms with van der Waals surface area (Å²) in [4.78, 5) is 12.9. The molecule has 2 N–H and O–H groups in total. The summed E-state index contributed by atoms with van der Waals surface area (Å²) in [7, 11) is 0. The van der Waals surface area contributed by atoms with Gasteiger partial charge >= 0.3 is 0 Å². The van der Waals surface area contributed by atoms with Crippen LogP contribution in [0.1, 0.15) is 15.9 Å². The van der Waals surface area contributed by atoms with Gasteiger partial charge < -0.3 is 10.2 Å². The molecule has 2 aromatic carbocycles. The maximum atomic E-state index is 12.9. The Morgan fingerprint density at radius 1 is 0.667 bits per heavy atom. The van der Waals surface area contributed by atoms with Crippen molar-refractivity contribution in [1.29, 1.82) is 0 Å². The highest BCUT2D eigenvalue weighted by Crippen LogP contribution is 2.08. The molecule has 0 spiro atoms. The van der Waals surface area contributed by atoms with Crippen molar-refractivity contribution in [2.75, 3.05) is 0 Å². The van der Waals surface area contributed by atoms with E-state index >= 15 is 0 Å². The van der Waals surface area contributed by atoms with Gasteiger partial charge in [0.2, 0.25) is 0 Å². The summed E-state index contributed by atoms with van der Waals surface area (Å²) in [6.45, 7) is 0. The van der Waals surface area contributed by atoms with Crippen LogP contribution in [-0.4, -0.2) is 16.0 Å². The molecule has 124 valence electrons. The maximum Gasteiger partial charge on any atom is 0.194 e. The zero-order valence-corrected chi connectivity index (χ0v) is 15.0. The molecule has 24 heavy (non-hydrogen) atoms. The van der Waals surface area contributed by atoms with Gasteiger partial charge in [-0.25, -0.2) is 0 Å². The van der Waals surface area contributed by atoms with E-state index in [1.54, 1.807) is 0 Å². The fraction of sp³-hybridized carbons (Fsp3) is 0. The van der Waals surface area contributed by atoms with Crippen LogP contribution in [0.25, 0.3) is 22.1 Å². The first-order valence-corrected chi connectivity index (χ1v) is 8.25. The Labute approximate surface area is 157 Å². The van der Waals surface area contributed by atoms with Gasteiger partial charge in [0.15, 0.2) is 5.78 Å². The van der Waals surface area contributed by atoms with Gasteiger partial charge in [-0.2, -0.15) is 0 Å². The topological polar surface area (TPSA) is 57.5 Å². The number of rotatable bonds is 2. The van der Waals surface area contributed by atoms with Gasteiger partial charge in [0, 0.05) is 54.1 Å². The van der Waals surface area contributed by atoms with Crippen LogP contribution < -0.4 is 20.9 Å². The van der Waals surface area contributed by atoms with E-state index in [1.807, 2.05) is 0 Å². The molecule has 7 heteroatoms. The molecule has 0 atom stereocenters. The Morgan fingerprint density at radius 2 is 1.00 bits per heavy atom. The SMILES string of the molecule is O=C(c1ccc(O)c(=CCl)c1=CCl)c1ccc(O)c(=CCl)c1=CCl. The highest BCUT2D eigenvalue weighted by molar-refractivity contribution is 6.41. The highest BCUT2D eigenvalue weighted by Gasteiger charge is 2.15. The van der Waals surface area contributed by atoms with E-state index in [-0.39, 0.29) is 43.5 Å². The molecule has 0 fully saturated rings. The first-order valence-electron chi connectivity index (χ1n) is 6.50. The second-order valence-corrected chi connectivity index (χ2v) is 5.56. The van der Waals surface area contributed by atoms with Gasteiger partial charge in [0.1, 0.15) is 11.5 Å². The summed E-state index contributed by atoms with van der Waals surface area (Å²) < 4.78 is 0. The zero-order valence-electron chi connectivity index (χ0n) is 11.9. The lowest BCUT2D eigenvalue weighted by Gasteiger charge is -2.06. The Hall–Kier alpha value is -1.65. The average molecular weight is 404 g/mol. The third kappa shape index (κ3) is 3.26. The fourth-order valence-electron chi connectivity index (χ4n) is 2.26. The minimum Gasteiger partial charge on any atom is -0.507 e. The van der Waals surface area contributed by atoms with E-state index in [0.29, 0.717) is 0 Å². The molecule has 0 radical (unpaired) electrons. The van der Waals surface area contributed by atoms with Gasteiger partial charge in [0.25, 0.3) is 0 Å². The van der Waals surface area contributed by atoms with E-state index in [0.717, 1.165) is 22.1 Å². The molecule has 0 aromatic heterocycles. The summed E-state index contributed by atoms with van der Waals surface area (Å²) in [6, 6.07) is 5.52. The lowest BCUT2D eigenvalue weighted by Crippen LogP contribution is -2.35. The van der Waals surface area contributed by atoms with Gasteiger partial charge in [-0.3, -0.25) is 4.79 Å². The number of phenolic OH excluding ortho intramolecular Hbond substituents is 2. The molecule has 0 aliphatic heterocycles. The maximum absolute atomic E-state index is 12.9. The molecular weight excluding hydrogens is 394 g/mol. The molecule has 0 aliphatic carbocycles. The minimum atomic E-state index is -0.423. The third-order valence-corrected chi connectivity index (χ3v) is 4.33. The summed E-state index contributed by atoms with van der Waals surface area (Å²) in [5.41, 5.74) is 4.98. The number of carbonyl (C=O) groups is 1. The molecule has 0 bridgehead atoms. The van der Waals surface area contributed by atoms with Gasteiger partial charge in [0.05, 0.1) is 0 Å². The molecule has 2 rings (SSSR count). The Kier molecular flexibility index (Phi) is 6.19. The Bertz CT molecular complexity index is 959. The number of ketones is 1. The number of phenols is 2. The summed E-state index contributed by atoms with van der Waals surface area (Å²) in [5, 5.41) is 20.6. The number of aromatic hydroxyl groups is 2. The minimum absolute atomic E-state index is 0.113. The molecule has 0 heterocycles. The van der Waals surface area contributed by atoms with Crippen LogP contribution in [0.4, 0.5) is 0 Å². The zero-order chi connectivity index (χ0) is 17.9. The van der Waals surface area contributed by atoms with Crippen molar-refractivity contribution in [3.05, 3.63) is 56.3 Å². The summed E-state index contributed by atoms with van der Waals surface area (Å²) in [5.74, 6) is -0.649. The number of benzene rings is 2. The highest BCUT2D eigenvalue weighted by atomic mass is 35.5. The average Bonchev–Trinajstić information content (AvgIpc) is 2.60. The number of halogens is 4. The van der Waals surface area contributed by atoms with Gasteiger partial charge in [-0.05, 0) is 24.3 Å². The van der Waals surface area contributed by atoms with Gasteiger partial charge in [-0.15, -0.1) is 0 Å². The van der Waals surface area contributed by atoms with Crippen molar-refractivity contribution in [3.8, 4) is 11.5 Å². The van der Waals surface area contributed by atoms with Crippen LogP contribution in [0.5, 0.6) is 11.5 Å². The largest absolute Gasteiger partial charge is 0.507 e. The van der Waals surface area contributed by atoms with Crippen molar-refractivity contribution in [3.63, 3.8) is 0 Å². The van der Waals surface area contributed by atoms with E-state index < -0.39 is 5.78 Å². The number of carbonyl (C=O) groups excluding carboxylic acids is 1. The monoisotopic (exact) mass is 402 g/mol. The summed E-state index contributed by atoms with van der Waals surface area (Å²) in [6.07, 6.45) is 0. The van der Waals surface area contributed by atoms with Crippen molar-refractivity contribution in [2.45, 2.75) is 0 Å². The smallest absolute Gasteiger partial charge is 0.194 e. The lowest BCUT2D eigenvalue weighted by atomic mass is 9.98. The third-order valence-electron chi connectivity index (χ3n) is 3.45. The summed E-state index contributed by atoms with van der Waals surface area (Å²) >= 11 is 23.0. The molecule has 2 aromatic rings. The Morgan fingerprint density at radius 3 is 1.29 bits per heavy atom. The fourth-order valence-corrected chi connectivity index (χ4v) is 3.18. The van der Waals surface area contributed by atoms with Crippen LogP contribution in [0.3, 0.4) is 0 Å². The predicted molar refractivity (Wildman–Crippen MR) is 99.4 cm³/mol. The number of hydrogen-bond donors (Lipinski definition) is 2. The number of hydrogen-bond acceptors (Lipinski definition) is 3.